The van der Waals surface area contributed by atoms with Crippen molar-refractivity contribution in [3.05, 3.63) is 34.5 Å². The van der Waals surface area contributed by atoms with E-state index in [0.29, 0.717) is 5.57 Å². The largest absolute Gasteiger partial charge is 0.369 e. The quantitative estimate of drug-likeness (QED) is 0.441. The normalized spacial score (nSPS) is 25.0. The average Bonchev–Trinajstić information content (AvgIpc) is 2.82. The molecule has 2 aliphatic heterocycles. The van der Waals surface area contributed by atoms with Crippen molar-refractivity contribution in [2.24, 2.45) is 0 Å². The van der Waals surface area contributed by atoms with Crippen molar-refractivity contribution in [3.63, 3.8) is 0 Å². The van der Waals surface area contributed by atoms with E-state index in [1.165, 1.54) is 10.9 Å². The van der Waals surface area contributed by atoms with Crippen molar-refractivity contribution in [1.82, 2.24) is 10.6 Å². The van der Waals surface area contributed by atoms with E-state index in [4.69, 9.17) is 11.6 Å². The van der Waals surface area contributed by atoms with Crippen LogP contribution in [0.4, 0.5) is 0 Å². The third-order valence-corrected chi connectivity index (χ3v) is 7.07. The zero-order valence-corrected chi connectivity index (χ0v) is 16.3. The lowest BCUT2D eigenvalue weighted by molar-refractivity contribution is -0.117. The third kappa shape index (κ3) is 4.67. The monoisotopic (exact) mass is 356 g/mol. The number of carbonyl (C=O) groups excluding carboxylic acids is 1. The number of amides is 1. The molecule has 0 aromatic rings. The molecule has 0 aromatic heterocycles. The van der Waals surface area contributed by atoms with E-state index in [2.05, 4.69) is 30.3 Å². The Bertz CT molecular complexity index is 547. The Morgan fingerprint density at radius 2 is 2.23 bits per heavy atom. The summed E-state index contributed by atoms with van der Waals surface area (Å²) in [5, 5.41) is 6.11. The Kier molecular flexibility index (Phi) is 5.51. The standard InChI is InChI=1S/C16H25ClN2OSSi/c1-16(17)12(6-5-9-18-16)15(20)19-13-7-10-21-14(13)8-11-22(2,3)4/h5-6,9,18H,7-8,10-11H2,1-4H3,(H,19,20). The number of dihydropyridines is 1. The number of alkyl halides is 1. The van der Waals surface area contributed by atoms with Crippen LogP contribution in [-0.2, 0) is 4.79 Å². The van der Waals surface area contributed by atoms with Gasteiger partial charge in [0, 0.05) is 24.4 Å². The highest BCUT2D eigenvalue weighted by Crippen LogP contribution is 2.35. The fourth-order valence-electron chi connectivity index (χ4n) is 2.42. The Morgan fingerprint density at radius 3 is 2.86 bits per heavy atom. The number of thioether (sulfide) groups is 1. The third-order valence-electron chi connectivity index (χ3n) is 3.80. The maximum Gasteiger partial charge on any atom is 0.255 e. The second-order valence-electron chi connectivity index (χ2n) is 7.10. The summed E-state index contributed by atoms with van der Waals surface area (Å²) in [7, 11) is -1.06. The molecule has 2 rings (SSSR count). The molecule has 0 aromatic carbocycles. The van der Waals surface area contributed by atoms with Crippen LogP contribution >= 0.6 is 23.4 Å². The van der Waals surface area contributed by atoms with Crippen molar-refractivity contribution in [1.29, 1.82) is 0 Å². The molecule has 0 saturated heterocycles. The first kappa shape index (κ1) is 17.7. The summed E-state index contributed by atoms with van der Waals surface area (Å²) in [6, 6.07) is 1.26. The molecule has 1 atom stereocenters. The predicted molar refractivity (Wildman–Crippen MR) is 99.6 cm³/mol. The van der Waals surface area contributed by atoms with Crippen LogP contribution in [0.5, 0.6) is 0 Å². The number of hydrogen-bond acceptors (Lipinski definition) is 3. The molecule has 2 N–H and O–H groups in total. The van der Waals surface area contributed by atoms with E-state index >= 15 is 0 Å². The Balaban J connectivity index is 2.06. The number of allylic oxidation sites excluding steroid dienone is 4. The van der Waals surface area contributed by atoms with Gasteiger partial charge in [-0.1, -0.05) is 37.3 Å². The molecule has 0 bridgehead atoms. The van der Waals surface area contributed by atoms with E-state index in [1.807, 2.05) is 17.8 Å². The lowest BCUT2D eigenvalue weighted by atomic mass is 10.0. The van der Waals surface area contributed by atoms with Crippen molar-refractivity contribution in [2.45, 2.75) is 50.4 Å². The fraction of sp³-hybridized carbons (Fsp3) is 0.562. The van der Waals surface area contributed by atoms with E-state index in [9.17, 15) is 4.79 Å². The molecule has 1 unspecified atom stereocenters. The van der Waals surface area contributed by atoms with Gasteiger partial charge in [0.25, 0.3) is 5.91 Å². The molecular weight excluding hydrogens is 332 g/mol. The maximum absolute atomic E-state index is 12.5. The Labute approximate surface area is 143 Å². The van der Waals surface area contributed by atoms with Crippen molar-refractivity contribution >= 4 is 37.3 Å². The van der Waals surface area contributed by atoms with Gasteiger partial charge in [-0.05, 0) is 38.1 Å². The summed E-state index contributed by atoms with van der Waals surface area (Å²) in [5.41, 5.74) is 1.65. The minimum absolute atomic E-state index is 0.0997. The van der Waals surface area contributed by atoms with Gasteiger partial charge in [-0.2, -0.15) is 0 Å². The molecule has 2 aliphatic rings. The van der Waals surface area contributed by atoms with Crippen molar-refractivity contribution in [2.75, 3.05) is 5.75 Å². The van der Waals surface area contributed by atoms with Crippen LogP contribution in [-0.4, -0.2) is 24.7 Å². The van der Waals surface area contributed by atoms with Gasteiger partial charge in [-0.25, -0.2) is 0 Å². The van der Waals surface area contributed by atoms with Crippen molar-refractivity contribution < 1.29 is 4.79 Å². The molecule has 0 radical (unpaired) electrons. The van der Waals surface area contributed by atoms with Gasteiger partial charge >= 0.3 is 0 Å². The second kappa shape index (κ2) is 6.85. The minimum atomic E-state index is -1.06. The van der Waals surface area contributed by atoms with E-state index in [-0.39, 0.29) is 5.91 Å². The molecule has 22 heavy (non-hydrogen) atoms. The van der Waals surface area contributed by atoms with Crippen LogP contribution in [0, 0.1) is 0 Å². The molecule has 1 amide bonds. The van der Waals surface area contributed by atoms with Gasteiger partial charge in [0.1, 0.15) is 5.00 Å². The highest BCUT2D eigenvalue weighted by molar-refractivity contribution is 8.03. The molecule has 6 heteroatoms. The minimum Gasteiger partial charge on any atom is -0.369 e. The molecule has 122 valence electrons. The first-order valence-electron chi connectivity index (χ1n) is 7.69. The summed E-state index contributed by atoms with van der Waals surface area (Å²) in [6.07, 6.45) is 7.37. The molecular formula is C16H25ClN2OSSi. The summed E-state index contributed by atoms with van der Waals surface area (Å²) < 4.78 is 0. The number of rotatable bonds is 5. The van der Waals surface area contributed by atoms with Gasteiger partial charge in [-0.3, -0.25) is 4.79 Å². The van der Waals surface area contributed by atoms with Crippen LogP contribution < -0.4 is 10.6 Å². The molecule has 0 spiro atoms. The van der Waals surface area contributed by atoms with Crippen molar-refractivity contribution in [3.8, 4) is 0 Å². The topological polar surface area (TPSA) is 41.1 Å². The first-order chi connectivity index (χ1) is 10.2. The van der Waals surface area contributed by atoms with Gasteiger partial charge in [-0.15, -0.1) is 11.8 Å². The fourth-order valence-corrected chi connectivity index (χ4v) is 4.94. The smallest absolute Gasteiger partial charge is 0.255 e. The van der Waals surface area contributed by atoms with Crippen LogP contribution in [0.3, 0.4) is 0 Å². The lowest BCUT2D eigenvalue weighted by Gasteiger charge is -2.27. The first-order valence-corrected chi connectivity index (χ1v) is 12.8. The Morgan fingerprint density at radius 1 is 1.50 bits per heavy atom. The summed E-state index contributed by atoms with van der Waals surface area (Å²) in [4.78, 5) is 13.1. The maximum atomic E-state index is 12.5. The van der Waals surface area contributed by atoms with Crippen LogP contribution in [0.2, 0.25) is 25.7 Å². The zero-order chi connectivity index (χ0) is 16.4. The van der Waals surface area contributed by atoms with E-state index in [0.717, 1.165) is 24.3 Å². The molecule has 2 heterocycles. The zero-order valence-electron chi connectivity index (χ0n) is 13.8. The van der Waals surface area contributed by atoms with Crippen LogP contribution in [0.1, 0.15) is 19.8 Å². The SMILES string of the molecule is CC1(Cl)NC=CC=C1C(=O)NC1=C(CC[Si](C)(C)C)SCC1. The van der Waals surface area contributed by atoms with Gasteiger partial charge in [0.2, 0.25) is 0 Å². The second-order valence-corrected chi connectivity index (χ2v) is 14.7. The summed E-state index contributed by atoms with van der Waals surface area (Å²) in [5.74, 6) is 0.962. The number of halogens is 1. The predicted octanol–water partition coefficient (Wildman–Crippen LogP) is 4.18. The van der Waals surface area contributed by atoms with Gasteiger partial charge in [0.15, 0.2) is 0 Å². The Hall–Kier alpha value is -0.653. The van der Waals surface area contributed by atoms with E-state index < -0.39 is 13.1 Å². The highest BCUT2D eigenvalue weighted by Gasteiger charge is 2.32. The molecule has 3 nitrogen and oxygen atoms in total. The summed E-state index contributed by atoms with van der Waals surface area (Å²) in [6.45, 7) is 8.95. The average molecular weight is 357 g/mol. The summed E-state index contributed by atoms with van der Waals surface area (Å²) >= 11 is 8.25. The van der Waals surface area contributed by atoms with Crippen LogP contribution in [0.15, 0.2) is 34.5 Å². The van der Waals surface area contributed by atoms with Gasteiger partial charge < -0.3 is 10.6 Å². The molecule has 0 saturated carbocycles. The van der Waals surface area contributed by atoms with Gasteiger partial charge in [0.05, 0.1) is 5.57 Å². The number of carbonyl (C=O) groups is 1. The van der Waals surface area contributed by atoms with Crippen LogP contribution in [0.25, 0.3) is 0 Å². The van der Waals surface area contributed by atoms with E-state index in [1.54, 1.807) is 19.2 Å². The highest BCUT2D eigenvalue weighted by atomic mass is 35.5. The lowest BCUT2D eigenvalue weighted by Crippen LogP contribution is -2.43. The number of hydrogen-bond donors (Lipinski definition) is 2. The number of nitrogens with one attached hydrogen (secondary N) is 2. The molecule has 0 aliphatic carbocycles. The molecule has 0 fully saturated rings.